The zero-order valence-corrected chi connectivity index (χ0v) is 27.1. The zero-order chi connectivity index (χ0) is 33.6. The van der Waals surface area contributed by atoms with E-state index in [4.69, 9.17) is 14.2 Å². The number of anilines is 2. The molecule has 2 amide bonds. The molecule has 0 radical (unpaired) electrons. The standard InChI is InChI=1S/C33H40F2N6O5/c1-8-20-17-21(9-10-22(20)30(42)37-14-16-45-33(5,6)19-39-31(43)46-32(2,3)4)40-28-29-38-18-24(41(29)15-13-36-28)23-11-12-25(44-7)27(35)26(23)34/h9-13,15,17-18H,8,14,16,19H2,1-7H3,(H,36,40)(H,37,42)(H,39,43). The summed E-state index contributed by atoms with van der Waals surface area (Å²) in [6.07, 6.45) is 4.64. The lowest BCUT2D eigenvalue weighted by Crippen LogP contribution is -2.43. The Hall–Kier alpha value is -4.78. The molecule has 0 saturated carbocycles. The van der Waals surface area contributed by atoms with E-state index in [0.29, 0.717) is 34.8 Å². The second-order valence-electron chi connectivity index (χ2n) is 12.1. The minimum atomic E-state index is -1.08. The van der Waals surface area contributed by atoms with Crippen LogP contribution in [-0.4, -0.2) is 64.4 Å². The predicted molar refractivity (Wildman–Crippen MR) is 171 cm³/mol. The highest BCUT2D eigenvalue weighted by Crippen LogP contribution is 2.31. The van der Waals surface area contributed by atoms with Crippen molar-refractivity contribution < 1.29 is 32.6 Å². The van der Waals surface area contributed by atoms with Crippen molar-refractivity contribution in [1.29, 1.82) is 0 Å². The molecule has 46 heavy (non-hydrogen) atoms. The summed E-state index contributed by atoms with van der Waals surface area (Å²) >= 11 is 0. The molecule has 0 fully saturated rings. The lowest BCUT2D eigenvalue weighted by Gasteiger charge is -2.27. The molecule has 246 valence electrons. The summed E-state index contributed by atoms with van der Waals surface area (Å²) in [6, 6.07) is 8.12. The summed E-state index contributed by atoms with van der Waals surface area (Å²) in [4.78, 5) is 33.7. The monoisotopic (exact) mass is 638 g/mol. The second kappa shape index (κ2) is 14.1. The molecular formula is C33H40F2N6O5. The Bertz CT molecular complexity index is 1720. The first-order chi connectivity index (χ1) is 21.7. The number of aryl methyl sites for hydroxylation is 1. The number of hydrogen-bond acceptors (Lipinski definition) is 8. The van der Waals surface area contributed by atoms with Crippen LogP contribution < -0.4 is 20.7 Å². The van der Waals surface area contributed by atoms with Gasteiger partial charge in [0.1, 0.15) is 5.60 Å². The zero-order valence-electron chi connectivity index (χ0n) is 27.1. The number of hydrogen-bond donors (Lipinski definition) is 3. The third-order valence-corrected chi connectivity index (χ3v) is 6.90. The first-order valence-corrected chi connectivity index (χ1v) is 14.9. The maximum absolute atomic E-state index is 14.8. The highest BCUT2D eigenvalue weighted by Gasteiger charge is 2.23. The number of aromatic nitrogens is 3. The van der Waals surface area contributed by atoms with Crippen LogP contribution in [0.4, 0.5) is 25.1 Å². The molecular weight excluding hydrogens is 598 g/mol. The van der Waals surface area contributed by atoms with Crippen molar-refractivity contribution in [2.24, 2.45) is 0 Å². The lowest BCUT2D eigenvalue weighted by molar-refractivity contribution is -0.0172. The summed E-state index contributed by atoms with van der Waals surface area (Å²) in [5.41, 5.74) is 1.49. The number of alkyl carbamates (subject to hydrolysis) is 1. The van der Waals surface area contributed by atoms with Crippen LogP contribution in [0.1, 0.15) is 57.5 Å². The number of rotatable bonds is 12. The van der Waals surface area contributed by atoms with E-state index in [2.05, 4.69) is 25.9 Å². The number of methoxy groups -OCH3 is 1. The second-order valence-corrected chi connectivity index (χ2v) is 12.1. The Kier molecular flexibility index (Phi) is 10.5. The van der Waals surface area contributed by atoms with Gasteiger partial charge in [-0.05, 0) is 76.9 Å². The van der Waals surface area contributed by atoms with Gasteiger partial charge in [0.15, 0.2) is 23.0 Å². The minimum Gasteiger partial charge on any atom is -0.494 e. The van der Waals surface area contributed by atoms with Crippen molar-refractivity contribution in [3.8, 4) is 17.0 Å². The Balaban J connectivity index is 1.39. The molecule has 4 rings (SSSR count). The Labute approximate surface area is 266 Å². The summed E-state index contributed by atoms with van der Waals surface area (Å²) in [7, 11) is 1.27. The average Bonchev–Trinajstić information content (AvgIpc) is 3.43. The smallest absolute Gasteiger partial charge is 0.407 e. The number of nitrogens with one attached hydrogen (secondary N) is 3. The molecule has 0 aliphatic carbocycles. The van der Waals surface area contributed by atoms with Crippen LogP contribution in [0, 0.1) is 11.6 Å². The molecule has 2 heterocycles. The Morgan fingerprint density at radius 1 is 1.00 bits per heavy atom. The maximum atomic E-state index is 14.8. The highest BCUT2D eigenvalue weighted by atomic mass is 19.2. The molecule has 2 aromatic heterocycles. The van der Waals surface area contributed by atoms with Crippen LogP contribution in [0.2, 0.25) is 0 Å². The van der Waals surface area contributed by atoms with E-state index in [-0.39, 0.29) is 36.9 Å². The summed E-state index contributed by atoms with van der Waals surface area (Å²) in [5.74, 6) is -2.17. The third kappa shape index (κ3) is 8.27. The fourth-order valence-corrected chi connectivity index (χ4v) is 4.65. The van der Waals surface area contributed by atoms with E-state index in [9.17, 15) is 18.4 Å². The summed E-state index contributed by atoms with van der Waals surface area (Å²) in [6.45, 7) is 11.7. The van der Waals surface area contributed by atoms with Crippen LogP contribution in [0.25, 0.3) is 16.9 Å². The van der Waals surface area contributed by atoms with Crippen LogP contribution in [0.3, 0.4) is 0 Å². The van der Waals surface area contributed by atoms with Gasteiger partial charge < -0.3 is 30.2 Å². The van der Waals surface area contributed by atoms with Gasteiger partial charge in [0.05, 0.1) is 31.2 Å². The molecule has 0 spiro atoms. The van der Waals surface area contributed by atoms with Gasteiger partial charge in [0, 0.05) is 42.3 Å². The van der Waals surface area contributed by atoms with Gasteiger partial charge in [0.2, 0.25) is 5.82 Å². The Morgan fingerprint density at radius 2 is 1.76 bits per heavy atom. The van der Waals surface area contributed by atoms with E-state index >= 15 is 0 Å². The van der Waals surface area contributed by atoms with Crippen LogP contribution in [0.15, 0.2) is 48.9 Å². The SMILES string of the molecule is CCc1cc(Nc2nccn3c(-c4ccc(OC)c(F)c4F)cnc23)ccc1C(=O)NCCOC(C)(C)CNC(=O)OC(C)(C)C. The van der Waals surface area contributed by atoms with E-state index < -0.39 is 28.9 Å². The number of nitrogens with zero attached hydrogens (tertiary/aromatic N) is 3. The fraction of sp³-hybridized carbons (Fsp3) is 0.394. The van der Waals surface area contributed by atoms with Crippen LogP contribution in [0.5, 0.6) is 5.75 Å². The summed E-state index contributed by atoms with van der Waals surface area (Å²) < 4.78 is 46.9. The molecule has 0 aliphatic heterocycles. The molecule has 4 aromatic rings. The number of fused-ring (bicyclic) bond motifs is 1. The predicted octanol–water partition coefficient (Wildman–Crippen LogP) is 6.04. The first kappa shape index (κ1) is 34.1. The van der Waals surface area contributed by atoms with Gasteiger partial charge >= 0.3 is 6.09 Å². The molecule has 0 unspecified atom stereocenters. The minimum absolute atomic E-state index is 0.0259. The van der Waals surface area contributed by atoms with Crippen molar-refractivity contribution in [3.63, 3.8) is 0 Å². The topological polar surface area (TPSA) is 128 Å². The van der Waals surface area contributed by atoms with Crippen LogP contribution in [-0.2, 0) is 15.9 Å². The fourth-order valence-electron chi connectivity index (χ4n) is 4.65. The number of halogens is 2. The molecule has 2 aromatic carbocycles. The van der Waals surface area contributed by atoms with Crippen molar-refractivity contribution >= 4 is 29.2 Å². The first-order valence-electron chi connectivity index (χ1n) is 14.9. The van der Waals surface area contributed by atoms with Gasteiger partial charge in [-0.2, -0.15) is 4.39 Å². The molecule has 0 saturated heterocycles. The number of imidazole rings is 1. The number of carbonyl (C=O) groups excluding carboxylic acids is 2. The highest BCUT2D eigenvalue weighted by molar-refractivity contribution is 5.96. The number of amides is 2. The third-order valence-electron chi connectivity index (χ3n) is 6.90. The van der Waals surface area contributed by atoms with Gasteiger partial charge in [-0.15, -0.1) is 0 Å². The molecule has 0 bridgehead atoms. The quantitative estimate of drug-likeness (QED) is 0.160. The maximum Gasteiger partial charge on any atom is 0.407 e. The number of ether oxygens (including phenoxy) is 3. The summed E-state index contributed by atoms with van der Waals surface area (Å²) in [5, 5.41) is 8.80. The molecule has 3 N–H and O–H groups in total. The Morgan fingerprint density at radius 3 is 2.46 bits per heavy atom. The molecule has 13 heteroatoms. The van der Waals surface area contributed by atoms with Gasteiger partial charge in [-0.3, -0.25) is 9.20 Å². The normalized spacial score (nSPS) is 11.8. The van der Waals surface area contributed by atoms with E-state index in [1.807, 2.05) is 26.8 Å². The van der Waals surface area contributed by atoms with Crippen molar-refractivity contribution in [1.82, 2.24) is 25.0 Å². The van der Waals surface area contributed by atoms with Gasteiger partial charge in [-0.1, -0.05) is 6.92 Å². The largest absolute Gasteiger partial charge is 0.494 e. The van der Waals surface area contributed by atoms with Gasteiger partial charge in [-0.25, -0.2) is 19.2 Å². The lowest BCUT2D eigenvalue weighted by atomic mass is 10.0. The van der Waals surface area contributed by atoms with Crippen molar-refractivity contribution in [3.05, 3.63) is 71.7 Å². The van der Waals surface area contributed by atoms with Gasteiger partial charge in [0.25, 0.3) is 5.91 Å². The van der Waals surface area contributed by atoms with Crippen molar-refractivity contribution in [2.75, 3.05) is 32.1 Å². The molecule has 11 nitrogen and oxygen atoms in total. The number of benzene rings is 2. The van der Waals surface area contributed by atoms with E-state index in [1.54, 1.807) is 43.5 Å². The average molecular weight is 639 g/mol. The van der Waals surface area contributed by atoms with Crippen molar-refractivity contribution in [2.45, 2.75) is 59.2 Å². The van der Waals surface area contributed by atoms with Crippen LogP contribution >= 0.6 is 0 Å². The molecule has 0 aliphatic rings. The van der Waals surface area contributed by atoms with E-state index in [1.165, 1.54) is 31.6 Å². The number of carbonyl (C=O) groups is 2. The van der Waals surface area contributed by atoms with E-state index in [0.717, 1.165) is 5.56 Å². The molecule has 0 atom stereocenters.